The van der Waals surface area contributed by atoms with Gasteiger partial charge in [-0.05, 0) is 0 Å². The Labute approximate surface area is 74.5 Å². The molecule has 0 aromatic carbocycles. The van der Waals surface area contributed by atoms with Gasteiger partial charge < -0.3 is 4.90 Å². The SMILES string of the molecule is C=CCN(C#N)CCC#N.CC. The second kappa shape index (κ2) is 12.2. The third kappa shape index (κ3) is 8.52. The van der Waals surface area contributed by atoms with E-state index in [1.165, 1.54) is 4.90 Å². The summed E-state index contributed by atoms with van der Waals surface area (Å²) in [5, 5.41) is 16.6. The van der Waals surface area contributed by atoms with Crippen LogP contribution in [0.2, 0.25) is 0 Å². The molecular weight excluding hydrogens is 150 g/mol. The van der Waals surface area contributed by atoms with Crippen molar-refractivity contribution in [2.45, 2.75) is 20.3 Å². The Bertz CT molecular complexity index is 173. The molecule has 0 unspecified atom stereocenters. The molecule has 0 amide bonds. The summed E-state index contributed by atoms with van der Waals surface area (Å²) in [6.45, 7) is 8.51. The van der Waals surface area contributed by atoms with Crippen molar-refractivity contribution in [2.24, 2.45) is 0 Å². The van der Waals surface area contributed by atoms with Gasteiger partial charge in [-0.15, -0.1) is 6.58 Å². The fourth-order valence-corrected chi connectivity index (χ4v) is 0.523. The molecule has 0 bridgehead atoms. The predicted molar refractivity (Wildman–Crippen MR) is 49.0 cm³/mol. The van der Waals surface area contributed by atoms with E-state index in [0.29, 0.717) is 19.5 Å². The van der Waals surface area contributed by atoms with Gasteiger partial charge in [-0.2, -0.15) is 10.5 Å². The fourth-order valence-electron chi connectivity index (χ4n) is 0.523. The highest BCUT2D eigenvalue weighted by atomic mass is 15.1. The summed E-state index contributed by atoms with van der Waals surface area (Å²) < 4.78 is 0. The molecule has 0 aromatic rings. The predicted octanol–water partition coefficient (Wildman–Crippen LogP) is 1.90. The molecule has 0 N–H and O–H groups in total. The number of hydrogen-bond donors (Lipinski definition) is 0. The highest BCUT2D eigenvalue weighted by molar-refractivity contribution is 4.84. The molecule has 0 aliphatic heterocycles. The van der Waals surface area contributed by atoms with E-state index in [2.05, 4.69) is 6.58 Å². The molecule has 0 fully saturated rings. The first-order valence-corrected chi connectivity index (χ1v) is 3.97. The first kappa shape index (κ1) is 13.1. The van der Waals surface area contributed by atoms with Gasteiger partial charge >= 0.3 is 0 Å². The Morgan fingerprint density at radius 2 is 2.00 bits per heavy atom. The molecule has 0 heterocycles. The van der Waals surface area contributed by atoms with E-state index in [4.69, 9.17) is 10.5 Å². The average molecular weight is 165 g/mol. The van der Waals surface area contributed by atoms with Crippen molar-refractivity contribution in [1.29, 1.82) is 10.5 Å². The zero-order valence-corrected chi connectivity index (χ0v) is 7.75. The van der Waals surface area contributed by atoms with E-state index in [9.17, 15) is 0 Å². The molecule has 0 atom stereocenters. The lowest BCUT2D eigenvalue weighted by molar-refractivity contribution is 0.443. The van der Waals surface area contributed by atoms with Crippen molar-refractivity contribution >= 4 is 0 Å². The fraction of sp³-hybridized carbons (Fsp3) is 0.556. The summed E-state index contributed by atoms with van der Waals surface area (Å²) in [6.07, 6.45) is 3.98. The Kier molecular flexibility index (Phi) is 13.4. The molecule has 3 nitrogen and oxygen atoms in total. The van der Waals surface area contributed by atoms with E-state index < -0.39 is 0 Å². The lowest BCUT2D eigenvalue weighted by atomic mass is 10.4. The Morgan fingerprint density at radius 3 is 2.33 bits per heavy atom. The molecule has 0 aromatic heterocycles. The maximum Gasteiger partial charge on any atom is 0.179 e. The molecule has 66 valence electrons. The van der Waals surface area contributed by atoms with Crippen molar-refractivity contribution in [3.05, 3.63) is 12.7 Å². The van der Waals surface area contributed by atoms with Crippen LogP contribution in [0.4, 0.5) is 0 Å². The first-order chi connectivity index (χ1) is 5.85. The monoisotopic (exact) mass is 165 g/mol. The zero-order chi connectivity index (χ0) is 9.82. The molecular formula is C9H15N3. The van der Waals surface area contributed by atoms with Gasteiger partial charge in [-0.25, -0.2) is 0 Å². The van der Waals surface area contributed by atoms with E-state index >= 15 is 0 Å². The second-order valence-electron chi connectivity index (χ2n) is 1.74. The van der Waals surface area contributed by atoms with Gasteiger partial charge in [0.05, 0.1) is 12.5 Å². The number of rotatable bonds is 4. The molecule has 0 aliphatic rings. The minimum absolute atomic E-state index is 0.390. The van der Waals surface area contributed by atoms with Crippen LogP contribution in [0.1, 0.15) is 20.3 Å². The summed E-state index contributed by atoms with van der Waals surface area (Å²) in [4.78, 5) is 1.48. The van der Waals surface area contributed by atoms with Gasteiger partial charge in [0.15, 0.2) is 6.19 Å². The summed E-state index contributed by atoms with van der Waals surface area (Å²) in [5.74, 6) is 0. The van der Waals surface area contributed by atoms with Crippen LogP contribution in [0.25, 0.3) is 0 Å². The van der Waals surface area contributed by atoms with Crippen LogP contribution < -0.4 is 0 Å². The lowest BCUT2D eigenvalue weighted by Gasteiger charge is -2.08. The van der Waals surface area contributed by atoms with Crippen molar-refractivity contribution in [3.8, 4) is 12.3 Å². The van der Waals surface area contributed by atoms with Crippen LogP contribution >= 0.6 is 0 Å². The van der Waals surface area contributed by atoms with Crippen molar-refractivity contribution in [1.82, 2.24) is 4.90 Å². The molecule has 0 saturated heterocycles. The van der Waals surface area contributed by atoms with Crippen LogP contribution in [0.15, 0.2) is 12.7 Å². The summed E-state index contributed by atoms with van der Waals surface area (Å²) >= 11 is 0. The van der Waals surface area contributed by atoms with Gasteiger partial charge in [-0.3, -0.25) is 0 Å². The maximum absolute atomic E-state index is 8.40. The Morgan fingerprint density at radius 1 is 1.42 bits per heavy atom. The van der Waals surface area contributed by atoms with Crippen LogP contribution in [-0.2, 0) is 0 Å². The normalized spacial score (nSPS) is 6.67. The van der Waals surface area contributed by atoms with Gasteiger partial charge in [0, 0.05) is 13.1 Å². The van der Waals surface area contributed by atoms with Crippen LogP contribution in [0.5, 0.6) is 0 Å². The third-order valence-electron chi connectivity index (χ3n) is 0.984. The first-order valence-electron chi connectivity index (χ1n) is 3.97. The molecule has 0 spiro atoms. The minimum Gasteiger partial charge on any atom is -0.306 e. The molecule has 0 saturated carbocycles. The lowest BCUT2D eigenvalue weighted by Crippen LogP contribution is -2.18. The van der Waals surface area contributed by atoms with Crippen molar-refractivity contribution in [2.75, 3.05) is 13.1 Å². The number of nitriles is 2. The largest absolute Gasteiger partial charge is 0.306 e. The van der Waals surface area contributed by atoms with E-state index in [-0.39, 0.29) is 0 Å². The number of hydrogen-bond acceptors (Lipinski definition) is 3. The molecule has 0 rings (SSSR count). The molecule has 3 heteroatoms. The van der Waals surface area contributed by atoms with E-state index in [0.717, 1.165) is 0 Å². The molecule has 0 radical (unpaired) electrons. The van der Waals surface area contributed by atoms with Crippen molar-refractivity contribution in [3.63, 3.8) is 0 Å². The van der Waals surface area contributed by atoms with E-state index in [1.54, 1.807) is 6.08 Å². The van der Waals surface area contributed by atoms with Gasteiger partial charge in [0.25, 0.3) is 0 Å². The highest BCUT2D eigenvalue weighted by Gasteiger charge is 1.95. The Balaban J connectivity index is 0. The summed E-state index contributed by atoms with van der Waals surface area (Å²) in [7, 11) is 0. The van der Waals surface area contributed by atoms with E-state index in [1.807, 2.05) is 26.1 Å². The van der Waals surface area contributed by atoms with Crippen molar-refractivity contribution < 1.29 is 0 Å². The quantitative estimate of drug-likeness (QED) is 0.363. The second-order valence-corrected chi connectivity index (χ2v) is 1.74. The topological polar surface area (TPSA) is 50.8 Å². The minimum atomic E-state index is 0.390. The highest BCUT2D eigenvalue weighted by Crippen LogP contribution is 1.87. The van der Waals surface area contributed by atoms with Crippen LogP contribution in [-0.4, -0.2) is 18.0 Å². The maximum atomic E-state index is 8.40. The summed E-state index contributed by atoms with van der Waals surface area (Å²) in [6, 6.07) is 1.96. The zero-order valence-electron chi connectivity index (χ0n) is 7.75. The summed E-state index contributed by atoms with van der Waals surface area (Å²) in [5.41, 5.74) is 0. The van der Waals surface area contributed by atoms with Gasteiger partial charge in [-0.1, -0.05) is 19.9 Å². The molecule has 12 heavy (non-hydrogen) atoms. The third-order valence-corrected chi connectivity index (χ3v) is 0.984. The molecule has 0 aliphatic carbocycles. The van der Waals surface area contributed by atoms with Gasteiger partial charge in [0.2, 0.25) is 0 Å². The van der Waals surface area contributed by atoms with Crippen LogP contribution in [0, 0.1) is 22.8 Å². The Hall–Kier alpha value is -1.48. The number of nitrogens with zero attached hydrogens (tertiary/aromatic N) is 3. The smallest absolute Gasteiger partial charge is 0.179 e. The average Bonchev–Trinajstić information content (AvgIpc) is 2.15. The standard InChI is InChI=1S/C7H9N3.C2H6/c1-2-5-10(7-9)6-3-4-8;1-2/h2H,1,3,5-6H2;1-2H3. The van der Waals surface area contributed by atoms with Gasteiger partial charge in [0.1, 0.15) is 0 Å². The van der Waals surface area contributed by atoms with Crippen LogP contribution in [0.3, 0.4) is 0 Å².